The fourth-order valence-corrected chi connectivity index (χ4v) is 0.848. The van der Waals surface area contributed by atoms with E-state index in [4.69, 9.17) is 11.5 Å². The molecule has 0 saturated heterocycles. The molecule has 0 bridgehead atoms. The topological polar surface area (TPSA) is 93.1 Å². The van der Waals surface area contributed by atoms with E-state index in [0.717, 1.165) is 17.8 Å². The zero-order chi connectivity index (χ0) is 8.97. The zero-order valence-electron chi connectivity index (χ0n) is 7.04. The molecule has 12 heavy (non-hydrogen) atoms. The Kier molecular flexibility index (Phi) is 2.68. The van der Waals surface area contributed by atoms with Crippen LogP contribution in [0.15, 0.2) is 11.1 Å². The lowest BCUT2D eigenvalue weighted by molar-refractivity contribution is 0.919. The number of H-pyrrole nitrogens is 1. The van der Waals surface area contributed by atoms with Gasteiger partial charge in [-0.15, -0.1) is 0 Å². The minimum Gasteiger partial charge on any atom is -0.370 e. The lowest BCUT2D eigenvalue weighted by Gasteiger charge is -1.89. The molecular formula is C7H13N5. The smallest absolute Gasteiger partial charge is 0.186 e. The van der Waals surface area contributed by atoms with Gasteiger partial charge in [-0.3, -0.25) is 5.10 Å². The van der Waals surface area contributed by atoms with Crippen LogP contribution in [0.25, 0.3) is 0 Å². The number of nitrogens with zero attached hydrogens (tertiary/aromatic N) is 2. The fraction of sp³-hybridized carbons (Fsp3) is 0.429. The van der Waals surface area contributed by atoms with Crippen molar-refractivity contribution in [1.29, 1.82) is 0 Å². The maximum absolute atomic E-state index is 5.17. The summed E-state index contributed by atoms with van der Waals surface area (Å²) in [5, 5.41) is 6.88. The van der Waals surface area contributed by atoms with E-state index in [1.165, 1.54) is 0 Å². The van der Waals surface area contributed by atoms with Crippen molar-refractivity contribution in [3.05, 3.63) is 17.5 Å². The number of nitrogens with two attached hydrogens (primary N) is 2. The Bertz CT molecular complexity index is 271. The highest BCUT2D eigenvalue weighted by atomic mass is 15.1. The molecule has 1 aromatic rings. The number of rotatable bonds is 3. The minimum absolute atomic E-state index is 0.0997. The van der Waals surface area contributed by atoms with Gasteiger partial charge in [0.05, 0.1) is 17.9 Å². The van der Waals surface area contributed by atoms with Gasteiger partial charge in [0.25, 0.3) is 0 Å². The monoisotopic (exact) mass is 167 g/mol. The van der Waals surface area contributed by atoms with Crippen LogP contribution in [0.2, 0.25) is 0 Å². The summed E-state index contributed by atoms with van der Waals surface area (Å²) >= 11 is 0. The van der Waals surface area contributed by atoms with Crippen molar-refractivity contribution in [2.45, 2.75) is 19.9 Å². The Morgan fingerprint density at radius 1 is 1.67 bits per heavy atom. The van der Waals surface area contributed by atoms with Crippen molar-refractivity contribution < 1.29 is 0 Å². The number of aliphatic imine (C=N–C) groups is 1. The lowest BCUT2D eigenvalue weighted by atomic mass is 10.3. The third-order valence-electron chi connectivity index (χ3n) is 1.48. The van der Waals surface area contributed by atoms with Gasteiger partial charge >= 0.3 is 0 Å². The molecule has 1 aromatic heterocycles. The highest BCUT2D eigenvalue weighted by molar-refractivity contribution is 5.75. The van der Waals surface area contributed by atoms with E-state index in [2.05, 4.69) is 15.2 Å². The number of aromatic amines is 1. The first kappa shape index (κ1) is 8.58. The molecule has 0 aliphatic heterocycles. The zero-order valence-corrected chi connectivity index (χ0v) is 7.04. The number of hydrogen-bond donors (Lipinski definition) is 3. The van der Waals surface area contributed by atoms with Gasteiger partial charge in [0.15, 0.2) is 5.96 Å². The second kappa shape index (κ2) is 3.75. The first-order valence-electron chi connectivity index (χ1n) is 3.81. The van der Waals surface area contributed by atoms with E-state index >= 15 is 0 Å². The van der Waals surface area contributed by atoms with Crippen LogP contribution in [0, 0.1) is 0 Å². The van der Waals surface area contributed by atoms with Crippen LogP contribution in [0.4, 0.5) is 0 Å². The molecule has 5 nitrogen and oxygen atoms in total. The maximum atomic E-state index is 5.17. The predicted molar refractivity (Wildman–Crippen MR) is 47.5 cm³/mol. The number of aryl methyl sites for hydroxylation is 1. The summed E-state index contributed by atoms with van der Waals surface area (Å²) in [4.78, 5) is 3.84. The quantitative estimate of drug-likeness (QED) is 0.428. The van der Waals surface area contributed by atoms with Crippen molar-refractivity contribution >= 4 is 5.96 Å². The molecule has 1 heterocycles. The fourth-order valence-electron chi connectivity index (χ4n) is 0.848. The Morgan fingerprint density at radius 3 is 2.92 bits per heavy atom. The SMILES string of the molecule is CCc1cc(CN=C(N)N)[nH]n1. The minimum atomic E-state index is 0.0997. The van der Waals surface area contributed by atoms with Crippen molar-refractivity contribution in [2.75, 3.05) is 0 Å². The van der Waals surface area contributed by atoms with Gasteiger partial charge in [-0.1, -0.05) is 6.92 Å². The molecule has 0 unspecified atom stereocenters. The molecule has 5 N–H and O–H groups in total. The second-order valence-electron chi connectivity index (χ2n) is 2.48. The number of guanidine groups is 1. The molecule has 0 radical (unpaired) electrons. The molecular weight excluding hydrogens is 154 g/mol. The summed E-state index contributed by atoms with van der Waals surface area (Å²) in [5.74, 6) is 0.0997. The normalized spacial score (nSPS) is 9.75. The summed E-state index contributed by atoms with van der Waals surface area (Å²) in [6.45, 7) is 2.51. The van der Waals surface area contributed by atoms with Crippen LogP contribution in [-0.2, 0) is 13.0 Å². The summed E-state index contributed by atoms with van der Waals surface area (Å²) in [5.41, 5.74) is 12.3. The molecule has 0 aromatic carbocycles. The van der Waals surface area contributed by atoms with E-state index in [0.29, 0.717) is 6.54 Å². The van der Waals surface area contributed by atoms with E-state index < -0.39 is 0 Å². The molecule has 0 aliphatic carbocycles. The van der Waals surface area contributed by atoms with Crippen LogP contribution in [0.1, 0.15) is 18.3 Å². The molecule has 0 saturated carbocycles. The Morgan fingerprint density at radius 2 is 2.42 bits per heavy atom. The molecule has 0 atom stereocenters. The maximum Gasteiger partial charge on any atom is 0.186 e. The summed E-state index contributed by atoms with van der Waals surface area (Å²) in [6.07, 6.45) is 0.915. The first-order valence-corrected chi connectivity index (χ1v) is 3.81. The summed E-state index contributed by atoms with van der Waals surface area (Å²) in [7, 11) is 0. The largest absolute Gasteiger partial charge is 0.370 e. The van der Waals surface area contributed by atoms with Gasteiger partial charge in [0, 0.05) is 0 Å². The van der Waals surface area contributed by atoms with Gasteiger partial charge in [0.2, 0.25) is 0 Å². The predicted octanol–water partition coefficient (Wildman–Crippen LogP) is -0.254. The van der Waals surface area contributed by atoms with Crippen LogP contribution in [0.5, 0.6) is 0 Å². The van der Waals surface area contributed by atoms with Crippen LogP contribution in [0.3, 0.4) is 0 Å². The average molecular weight is 167 g/mol. The second-order valence-corrected chi connectivity index (χ2v) is 2.48. The Balaban J connectivity index is 2.58. The molecule has 5 heteroatoms. The molecule has 0 aliphatic rings. The van der Waals surface area contributed by atoms with Crippen molar-refractivity contribution in [1.82, 2.24) is 10.2 Å². The van der Waals surface area contributed by atoms with Gasteiger partial charge in [-0.2, -0.15) is 5.10 Å². The van der Waals surface area contributed by atoms with Crippen molar-refractivity contribution in [3.63, 3.8) is 0 Å². The summed E-state index contributed by atoms with van der Waals surface area (Å²) < 4.78 is 0. The Labute approximate surface area is 70.9 Å². The lowest BCUT2D eigenvalue weighted by Crippen LogP contribution is -2.22. The number of hydrogen-bond acceptors (Lipinski definition) is 2. The van der Waals surface area contributed by atoms with E-state index in [9.17, 15) is 0 Å². The van der Waals surface area contributed by atoms with Crippen molar-refractivity contribution in [3.8, 4) is 0 Å². The molecule has 0 fully saturated rings. The molecule has 0 amide bonds. The summed E-state index contributed by atoms with van der Waals surface area (Å²) in [6, 6.07) is 1.95. The van der Waals surface area contributed by atoms with Crippen LogP contribution < -0.4 is 11.5 Å². The van der Waals surface area contributed by atoms with Gasteiger partial charge in [-0.25, -0.2) is 4.99 Å². The first-order chi connectivity index (χ1) is 5.72. The van der Waals surface area contributed by atoms with Gasteiger partial charge in [-0.05, 0) is 12.5 Å². The van der Waals surface area contributed by atoms with Crippen LogP contribution >= 0.6 is 0 Å². The molecule has 1 rings (SSSR count). The molecule has 0 spiro atoms. The van der Waals surface area contributed by atoms with Gasteiger partial charge in [0.1, 0.15) is 0 Å². The highest BCUT2D eigenvalue weighted by Crippen LogP contribution is 2.00. The van der Waals surface area contributed by atoms with Crippen LogP contribution in [-0.4, -0.2) is 16.2 Å². The third-order valence-corrected chi connectivity index (χ3v) is 1.48. The van der Waals surface area contributed by atoms with Crippen molar-refractivity contribution in [2.24, 2.45) is 16.5 Å². The Hall–Kier alpha value is -1.52. The average Bonchev–Trinajstić information content (AvgIpc) is 2.48. The van der Waals surface area contributed by atoms with E-state index in [1.54, 1.807) is 0 Å². The highest BCUT2D eigenvalue weighted by Gasteiger charge is 1.96. The van der Waals surface area contributed by atoms with E-state index in [-0.39, 0.29) is 5.96 Å². The standard InChI is InChI=1S/C7H13N5/c1-2-5-3-6(12-11-5)4-10-7(8)9/h3H,2,4H2,1H3,(H,11,12)(H4,8,9,10). The molecule has 66 valence electrons. The number of nitrogens with one attached hydrogen (secondary N) is 1. The number of aromatic nitrogens is 2. The van der Waals surface area contributed by atoms with E-state index in [1.807, 2.05) is 13.0 Å². The third kappa shape index (κ3) is 2.26. The van der Waals surface area contributed by atoms with Gasteiger partial charge < -0.3 is 11.5 Å².